The van der Waals surface area contributed by atoms with Gasteiger partial charge in [0.25, 0.3) is 0 Å². The van der Waals surface area contributed by atoms with Crippen LogP contribution in [0.15, 0.2) is 53.8 Å². The Labute approximate surface area is 212 Å². The van der Waals surface area contributed by atoms with Crippen molar-refractivity contribution in [3.63, 3.8) is 0 Å². The number of aromatic nitrogens is 2. The highest BCUT2D eigenvalue weighted by molar-refractivity contribution is 5.99. The van der Waals surface area contributed by atoms with Crippen LogP contribution in [-0.2, 0) is 15.7 Å². The van der Waals surface area contributed by atoms with Crippen molar-refractivity contribution >= 4 is 17.2 Å². The number of morpholine rings is 1. The number of benzene rings is 1. The van der Waals surface area contributed by atoms with Crippen LogP contribution in [0.2, 0.25) is 0 Å². The molecule has 8 nitrogen and oxygen atoms in total. The molecule has 0 spiro atoms. The maximum absolute atomic E-state index is 13.1. The number of nitrogens with zero attached hydrogens (tertiary/aromatic N) is 4. The summed E-state index contributed by atoms with van der Waals surface area (Å²) in [7, 11) is 1.60. The minimum absolute atomic E-state index is 0.0447. The van der Waals surface area contributed by atoms with Crippen molar-refractivity contribution in [1.82, 2.24) is 9.97 Å². The third-order valence-electron chi connectivity index (χ3n) is 5.83. The van der Waals surface area contributed by atoms with Crippen molar-refractivity contribution < 1.29 is 27.4 Å². The molecule has 0 unspecified atom stereocenters. The summed E-state index contributed by atoms with van der Waals surface area (Å²) in [6.07, 6.45) is -1.25. The highest BCUT2D eigenvalue weighted by Gasteiger charge is 2.30. The zero-order valence-electron chi connectivity index (χ0n) is 20.6. The molecule has 0 radical (unpaired) electrons. The standard InChI is InChI=1S/C26H28F3N5O3/c1-17-22(14-21(16-31-17)33-24(30)18-4-3-5-20(12-18)26(27,28)29)19-13-23(34-6-8-36-9-7-34)25(32-15-19)37-11-10-35-2/h3-5,12-16H,6-11H2,1-2H3,(H2,30,33). The average Bonchev–Trinajstić information content (AvgIpc) is 2.90. The predicted octanol–water partition coefficient (Wildman–Crippen LogP) is 4.37. The van der Waals surface area contributed by atoms with E-state index in [1.165, 1.54) is 18.3 Å². The van der Waals surface area contributed by atoms with E-state index >= 15 is 0 Å². The Morgan fingerprint density at radius 1 is 1.11 bits per heavy atom. The lowest BCUT2D eigenvalue weighted by Gasteiger charge is -2.30. The number of rotatable bonds is 8. The van der Waals surface area contributed by atoms with Gasteiger partial charge in [0.2, 0.25) is 5.88 Å². The van der Waals surface area contributed by atoms with Gasteiger partial charge in [-0.05, 0) is 31.2 Å². The molecular weight excluding hydrogens is 487 g/mol. The third kappa shape index (κ3) is 6.55. The van der Waals surface area contributed by atoms with E-state index in [9.17, 15) is 13.2 Å². The number of anilines is 1. The van der Waals surface area contributed by atoms with Crippen LogP contribution in [0.25, 0.3) is 11.1 Å². The lowest BCUT2D eigenvalue weighted by atomic mass is 10.0. The first-order valence-electron chi connectivity index (χ1n) is 11.7. The summed E-state index contributed by atoms with van der Waals surface area (Å²) in [5.74, 6) is 0.452. The van der Waals surface area contributed by atoms with Crippen LogP contribution >= 0.6 is 0 Å². The Hall–Kier alpha value is -3.70. The third-order valence-corrected chi connectivity index (χ3v) is 5.83. The Morgan fingerprint density at radius 3 is 2.62 bits per heavy atom. The molecule has 37 heavy (non-hydrogen) atoms. The molecule has 0 saturated carbocycles. The molecule has 1 aromatic carbocycles. The molecule has 196 valence electrons. The molecule has 11 heteroatoms. The predicted molar refractivity (Wildman–Crippen MR) is 134 cm³/mol. The smallest absolute Gasteiger partial charge is 0.416 e. The molecule has 1 fully saturated rings. The monoisotopic (exact) mass is 515 g/mol. The highest BCUT2D eigenvalue weighted by atomic mass is 19.4. The number of pyridine rings is 2. The lowest BCUT2D eigenvalue weighted by Crippen LogP contribution is -2.36. The number of methoxy groups -OCH3 is 1. The summed E-state index contributed by atoms with van der Waals surface area (Å²) in [5.41, 5.74) is 8.97. The quantitative estimate of drug-likeness (QED) is 0.270. The number of ether oxygens (including phenoxy) is 3. The Balaban J connectivity index is 1.67. The lowest BCUT2D eigenvalue weighted by molar-refractivity contribution is -0.137. The van der Waals surface area contributed by atoms with Crippen molar-refractivity contribution in [3.05, 3.63) is 65.6 Å². The van der Waals surface area contributed by atoms with E-state index in [1.54, 1.807) is 19.4 Å². The molecule has 2 N–H and O–H groups in total. The van der Waals surface area contributed by atoms with Crippen molar-refractivity contribution in [2.45, 2.75) is 13.1 Å². The van der Waals surface area contributed by atoms with Crippen LogP contribution in [0.3, 0.4) is 0 Å². The van der Waals surface area contributed by atoms with Crippen LogP contribution in [-0.4, -0.2) is 62.4 Å². The largest absolute Gasteiger partial charge is 0.474 e. The summed E-state index contributed by atoms with van der Waals surface area (Å²) < 4.78 is 55.7. The Bertz CT molecular complexity index is 1260. The topological polar surface area (TPSA) is 95.1 Å². The van der Waals surface area contributed by atoms with E-state index in [4.69, 9.17) is 19.9 Å². The fourth-order valence-electron chi connectivity index (χ4n) is 3.89. The summed E-state index contributed by atoms with van der Waals surface area (Å²) in [4.78, 5) is 15.5. The highest BCUT2D eigenvalue weighted by Crippen LogP contribution is 2.34. The minimum Gasteiger partial charge on any atom is -0.474 e. The SMILES string of the molecule is COCCOc1ncc(-c2cc(N=C(N)c3cccc(C(F)(F)F)c3)cnc2C)cc1N1CCOCC1. The van der Waals surface area contributed by atoms with Crippen LogP contribution in [0, 0.1) is 6.92 Å². The van der Waals surface area contributed by atoms with Gasteiger partial charge in [-0.3, -0.25) is 4.98 Å². The number of nitrogens with two attached hydrogens (primary N) is 1. The molecule has 1 aliphatic heterocycles. The number of hydrogen-bond donors (Lipinski definition) is 1. The molecule has 0 bridgehead atoms. The van der Waals surface area contributed by atoms with E-state index in [1.807, 2.05) is 13.0 Å². The first kappa shape index (κ1) is 26.4. The molecule has 0 atom stereocenters. The van der Waals surface area contributed by atoms with E-state index in [2.05, 4.69) is 19.9 Å². The van der Waals surface area contributed by atoms with E-state index < -0.39 is 11.7 Å². The van der Waals surface area contributed by atoms with Crippen LogP contribution < -0.4 is 15.4 Å². The number of aliphatic imine (C=N–C) groups is 1. The molecule has 0 amide bonds. The van der Waals surface area contributed by atoms with Crippen LogP contribution in [0.5, 0.6) is 5.88 Å². The first-order valence-corrected chi connectivity index (χ1v) is 11.7. The average molecular weight is 516 g/mol. The van der Waals surface area contributed by atoms with Crippen molar-refractivity contribution in [1.29, 1.82) is 0 Å². The molecule has 1 aliphatic rings. The van der Waals surface area contributed by atoms with Gasteiger partial charge in [0, 0.05) is 48.8 Å². The fraction of sp³-hybridized carbons (Fsp3) is 0.346. The van der Waals surface area contributed by atoms with E-state index in [0.717, 1.165) is 34.6 Å². The number of amidine groups is 1. The zero-order chi connectivity index (χ0) is 26.4. The number of aryl methyl sites for hydroxylation is 1. The number of halogens is 3. The summed E-state index contributed by atoms with van der Waals surface area (Å²) in [6.45, 7) is 5.24. The summed E-state index contributed by atoms with van der Waals surface area (Å²) in [5, 5.41) is 0. The van der Waals surface area contributed by atoms with Gasteiger partial charge in [-0.1, -0.05) is 12.1 Å². The van der Waals surface area contributed by atoms with Gasteiger partial charge in [-0.25, -0.2) is 9.98 Å². The Morgan fingerprint density at radius 2 is 1.89 bits per heavy atom. The number of alkyl halides is 3. The normalized spacial score (nSPS) is 14.6. The molecule has 1 saturated heterocycles. The van der Waals surface area contributed by atoms with Gasteiger partial charge < -0.3 is 24.8 Å². The fourth-order valence-corrected chi connectivity index (χ4v) is 3.89. The Kier molecular flexibility index (Phi) is 8.24. The zero-order valence-corrected chi connectivity index (χ0v) is 20.6. The second-order valence-corrected chi connectivity index (χ2v) is 8.39. The first-order chi connectivity index (χ1) is 17.8. The van der Waals surface area contributed by atoms with Gasteiger partial charge in [-0.15, -0.1) is 0 Å². The molecule has 0 aliphatic carbocycles. The summed E-state index contributed by atoms with van der Waals surface area (Å²) >= 11 is 0. The molecular formula is C26H28F3N5O3. The maximum atomic E-state index is 13.1. The van der Waals surface area contributed by atoms with Gasteiger partial charge >= 0.3 is 6.18 Å². The van der Waals surface area contributed by atoms with Gasteiger partial charge in [0.1, 0.15) is 18.1 Å². The van der Waals surface area contributed by atoms with Crippen molar-refractivity contribution in [2.75, 3.05) is 51.5 Å². The van der Waals surface area contributed by atoms with Crippen molar-refractivity contribution in [2.24, 2.45) is 10.7 Å². The van der Waals surface area contributed by atoms with E-state index in [0.29, 0.717) is 51.1 Å². The van der Waals surface area contributed by atoms with Crippen molar-refractivity contribution in [3.8, 4) is 17.0 Å². The molecule has 3 aromatic rings. The maximum Gasteiger partial charge on any atom is 0.416 e. The van der Waals surface area contributed by atoms with Gasteiger partial charge in [-0.2, -0.15) is 13.2 Å². The van der Waals surface area contributed by atoms with Gasteiger partial charge in [0.15, 0.2) is 0 Å². The van der Waals surface area contributed by atoms with Crippen LogP contribution in [0.4, 0.5) is 24.5 Å². The minimum atomic E-state index is -4.47. The van der Waals surface area contributed by atoms with Crippen LogP contribution in [0.1, 0.15) is 16.8 Å². The number of hydrogen-bond acceptors (Lipinski definition) is 7. The summed E-state index contributed by atoms with van der Waals surface area (Å²) in [6, 6.07) is 8.51. The van der Waals surface area contributed by atoms with Gasteiger partial charge in [0.05, 0.1) is 37.3 Å². The van der Waals surface area contributed by atoms with E-state index in [-0.39, 0.29) is 11.4 Å². The second-order valence-electron chi connectivity index (χ2n) is 8.39. The molecule has 2 aromatic heterocycles. The second kappa shape index (κ2) is 11.6. The molecule has 4 rings (SSSR count). The molecule has 3 heterocycles.